The summed E-state index contributed by atoms with van der Waals surface area (Å²) in [5.41, 5.74) is 1.74. The third-order valence-electron chi connectivity index (χ3n) is 3.19. The third kappa shape index (κ3) is 3.78. The van der Waals surface area contributed by atoms with Gasteiger partial charge in [0.25, 0.3) is 6.08 Å². The van der Waals surface area contributed by atoms with Gasteiger partial charge in [0.05, 0.1) is 12.3 Å². The summed E-state index contributed by atoms with van der Waals surface area (Å²) < 4.78 is 30.9. The summed E-state index contributed by atoms with van der Waals surface area (Å²) in [5, 5.41) is 4.26. The van der Waals surface area contributed by atoms with Crippen LogP contribution < -0.4 is 0 Å². The van der Waals surface area contributed by atoms with Crippen molar-refractivity contribution in [2.45, 2.75) is 13.3 Å². The van der Waals surface area contributed by atoms with Crippen molar-refractivity contribution in [3.05, 3.63) is 53.7 Å². The molecule has 2 rings (SSSR count). The number of aromatic nitrogens is 2. The van der Waals surface area contributed by atoms with Crippen LogP contribution in [-0.4, -0.2) is 22.4 Å². The molecule has 0 N–H and O–H groups in total. The number of benzene rings is 1. The van der Waals surface area contributed by atoms with E-state index in [2.05, 4.69) is 5.10 Å². The molecule has 1 heterocycles. The third-order valence-corrected chi connectivity index (χ3v) is 3.19. The molecule has 0 spiro atoms. The molecule has 0 bridgehead atoms. The zero-order valence-electron chi connectivity index (χ0n) is 12.3. The fourth-order valence-corrected chi connectivity index (χ4v) is 1.87. The maximum absolute atomic E-state index is 12.3. The molecule has 0 atom stereocenters. The van der Waals surface area contributed by atoms with E-state index >= 15 is 0 Å². The highest BCUT2D eigenvalue weighted by atomic mass is 19.3. The Kier molecular flexibility index (Phi) is 5.04. The fraction of sp³-hybridized carbons (Fsp3) is 0.250. The van der Waals surface area contributed by atoms with E-state index in [9.17, 15) is 13.6 Å². The maximum Gasteiger partial charge on any atom is 0.356 e. The Morgan fingerprint density at radius 2 is 1.95 bits per heavy atom. The lowest BCUT2D eigenvalue weighted by Crippen LogP contribution is -2.11. The predicted octanol–water partition coefficient (Wildman–Crippen LogP) is 3.80. The van der Waals surface area contributed by atoms with E-state index in [0.717, 1.165) is 5.56 Å². The van der Waals surface area contributed by atoms with Crippen LogP contribution in [0.2, 0.25) is 0 Å². The number of aryl methyl sites for hydroxylation is 1. The van der Waals surface area contributed by atoms with Gasteiger partial charge in [-0.05, 0) is 18.6 Å². The lowest BCUT2D eigenvalue weighted by Gasteiger charge is -2.04. The Labute approximate surface area is 127 Å². The summed E-state index contributed by atoms with van der Waals surface area (Å²) in [5.74, 6) is -0.579. The SMILES string of the molecule is CC(CCOC(=O)c1cc(-c2ccccc2)nn1C)=C(F)F. The van der Waals surface area contributed by atoms with Crippen LogP contribution >= 0.6 is 0 Å². The number of nitrogens with zero attached hydrogens (tertiary/aromatic N) is 2. The van der Waals surface area contributed by atoms with Gasteiger partial charge in [0.1, 0.15) is 5.69 Å². The van der Waals surface area contributed by atoms with Gasteiger partial charge in [-0.15, -0.1) is 0 Å². The first-order chi connectivity index (χ1) is 10.5. The number of carbonyl (C=O) groups is 1. The molecule has 0 aliphatic carbocycles. The second-order valence-corrected chi connectivity index (χ2v) is 4.83. The van der Waals surface area contributed by atoms with E-state index in [-0.39, 0.29) is 24.3 Å². The van der Waals surface area contributed by atoms with Crippen molar-refractivity contribution in [1.29, 1.82) is 0 Å². The van der Waals surface area contributed by atoms with Crippen LogP contribution in [0, 0.1) is 0 Å². The molecule has 1 aromatic carbocycles. The molecule has 2 aromatic rings. The van der Waals surface area contributed by atoms with Gasteiger partial charge in [0, 0.05) is 19.0 Å². The van der Waals surface area contributed by atoms with Crippen LogP contribution in [0.25, 0.3) is 11.3 Å². The van der Waals surface area contributed by atoms with Gasteiger partial charge < -0.3 is 4.74 Å². The van der Waals surface area contributed by atoms with Gasteiger partial charge in [0.15, 0.2) is 0 Å². The highest BCUT2D eigenvalue weighted by molar-refractivity contribution is 5.89. The summed E-state index contributed by atoms with van der Waals surface area (Å²) in [4.78, 5) is 12.0. The van der Waals surface area contributed by atoms with E-state index in [0.29, 0.717) is 5.69 Å². The second kappa shape index (κ2) is 6.98. The van der Waals surface area contributed by atoms with E-state index in [1.54, 1.807) is 13.1 Å². The normalized spacial score (nSPS) is 10.4. The molecule has 0 saturated carbocycles. The molecule has 4 nitrogen and oxygen atoms in total. The van der Waals surface area contributed by atoms with Crippen molar-refractivity contribution in [3.8, 4) is 11.3 Å². The average Bonchev–Trinajstić information content (AvgIpc) is 2.90. The number of rotatable bonds is 5. The molecule has 0 amide bonds. The van der Waals surface area contributed by atoms with Crippen molar-refractivity contribution in [2.75, 3.05) is 6.61 Å². The zero-order chi connectivity index (χ0) is 16.1. The lowest BCUT2D eigenvalue weighted by molar-refractivity contribution is 0.0495. The number of hydrogen-bond acceptors (Lipinski definition) is 3. The van der Waals surface area contributed by atoms with Gasteiger partial charge >= 0.3 is 5.97 Å². The van der Waals surface area contributed by atoms with Gasteiger partial charge in [-0.1, -0.05) is 30.3 Å². The Morgan fingerprint density at radius 3 is 2.59 bits per heavy atom. The number of halogens is 2. The van der Waals surface area contributed by atoms with Crippen molar-refractivity contribution in [3.63, 3.8) is 0 Å². The summed E-state index contributed by atoms with van der Waals surface area (Å²) in [7, 11) is 1.63. The van der Waals surface area contributed by atoms with Crippen LogP contribution in [0.4, 0.5) is 8.78 Å². The van der Waals surface area contributed by atoms with Gasteiger partial charge in [-0.25, -0.2) is 4.79 Å². The highest BCUT2D eigenvalue weighted by Gasteiger charge is 2.15. The highest BCUT2D eigenvalue weighted by Crippen LogP contribution is 2.19. The standard InChI is InChI=1S/C16H16F2N2O2/c1-11(15(17)18)8-9-22-16(21)14-10-13(19-20(14)2)12-6-4-3-5-7-12/h3-7,10H,8-9H2,1-2H3. The minimum absolute atomic E-state index is 0.0114. The topological polar surface area (TPSA) is 44.1 Å². The molecule has 0 aliphatic rings. The molecule has 0 fully saturated rings. The monoisotopic (exact) mass is 306 g/mol. The Bertz CT molecular complexity index is 689. The van der Waals surface area contributed by atoms with Crippen molar-refractivity contribution in [2.24, 2.45) is 7.05 Å². The first-order valence-corrected chi connectivity index (χ1v) is 6.76. The summed E-state index contributed by atoms with van der Waals surface area (Å²) in [6, 6.07) is 11.0. The fourth-order valence-electron chi connectivity index (χ4n) is 1.87. The first-order valence-electron chi connectivity index (χ1n) is 6.76. The number of ether oxygens (including phenoxy) is 1. The van der Waals surface area contributed by atoms with E-state index in [4.69, 9.17) is 4.74 Å². The maximum atomic E-state index is 12.3. The van der Waals surface area contributed by atoms with Gasteiger partial charge in [0.2, 0.25) is 0 Å². The van der Waals surface area contributed by atoms with Crippen LogP contribution in [0.3, 0.4) is 0 Å². The van der Waals surface area contributed by atoms with Crippen LogP contribution in [0.5, 0.6) is 0 Å². The number of esters is 1. The van der Waals surface area contributed by atoms with Crippen molar-refractivity contribution >= 4 is 5.97 Å². The Hall–Kier alpha value is -2.50. The van der Waals surface area contributed by atoms with E-state index < -0.39 is 12.0 Å². The lowest BCUT2D eigenvalue weighted by atomic mass is 10.1. The molecule has 0 saturated heterocycles. The zero-order valence-corrected chi connectivity index (χ0v) is 12.3. The first kappa shape index (κ1) is 15.9. The molecular formula is C16H16F2N2O2. The summed E-state index contributed by atoms with van der Waals surface area (Å²) >= 11 is 0. The second-order valence-electron chi connectivity index (χ2n) is 4.83. The van der Waals surface area contributed by atoms with Crippen LogP contribution in [-0.2, 0) is 11.8 Å². The van der Waals surface area contributed by atoms with E-state index in [1.807, 2.05) is 30.3 Å². The van der Waals surface area contributed by atoms with Gasteiger partial charge in [-0.2, -0.15) is 13.9 Å². The van der Waals surface area contributed by atoms with E-state index in [1.165, 1.54) is 11.6 Å². The summed E-state index contributed by atoms with van der Waals surface area (Å²) in [6.07, 6.45) is -1.72. The minimum Gasteiger partial charge on any atom is -0.461 e. The molecule has 1 aromatic heterocycles. The van der Waals surface area contributed by atoms with Gasteiger partial charge in [-0.3, -0.25) is 4.68 Å². The summed E-state index contributed by atoms with van der Waals surface area (Å²) in [6.45, 7) is 1.22. The largest absolute Gasteiger partial charge is 0.461 e. The number of carbonyl (C=O) groups excluding carboxylic acids is 1. The molecule has 0 unspecified atom stereocenters. The molecule has 6 heteroatoms. The van der Waals surface area contributed by atoms with Crippen LogP contribution in [0.15, 0.2) is 48.1 Å². The quantitative estimate of drug-likeness (QED) is 0.789. The predicted molar refractivity (Wildman–Crippen MR) is 78.5 cm³/mol. The number of hydrogen-bond donors (Lipinski definition) is 0. The minimum atomic E-state index is -1.73. The molecule has 116 valence electrons. The van der Waals surface area contributed by atoms with Crippen molar-refractivity contribution < 1.29 is 18.3 Å². The molecule has 0 radical (unpaired) electrons. The Morgan fingerprint density at radius 1 is 1.27 bits per heavy atom. The smallest absolute Gasteiger partial charge is 0.356 e. The van der Waals surface area contributed by atoms with Crippen LogP contribution in [0.1, 0.15) is 23.8 Å². The Balaban J connectivity index is 2.05. The molecule has 22 heavy (non-hydrogen) atoms. The molecule has 0 aliphatic heterocycles. The molecular weight excluding hydrogens is 290 g/mol. The average molecular weight is 306 g/mol. The van der Waals surface area contributed by atoms with Crippen molar-refractivity contribution in [1.82, 2.24) is 9.78 Å².